The topological polar surface area (TPSA) is 129 Å². The lowest BCUT2D eigenvalue weighted by Gasteiger charge is -2.13. The van der Waals surface area contributed by atoms with E-state index in [9.17, 15) is 14.8 Å². The minimum atomic E-state index is -1.51. The molecule has 10 heteroatoms. The van der Waals surface area contributed by atoms with Crippen LogP contribution in [0.4, 0.5) is 5.82 Å². The number of carbonyl (C=O) groups excluding carboxylic acids is 1. The molecule has 1 aromatic carbocycles. The zero-order valence-corrected chi connectivity index (χ0v) is 19.0. The van der Waals surface area contributed by atoms with Gasteiger partial charge in [-0.25, -0.2) is 9.97 Å². The molecule has 3 aromatic heterocycles. The van der Waals surface area contributed by atoms with Gasteiger partial charge in [-0.05, 0) is 48.8 Å². The molecule has 5 N–H and O–H groups in total. The molecule has 4 heterocycles. The number of rotatable bonds is 6. The van der Waals surface area contributed by atoms with E-state index in [0.29, 0.717) is 29.9 Å². The Balaban J connectivity index is 1.57. The van der Waals surface area contributed by atoms with Crippen LogP contribution in [0.2, 0.25) is 0 Å². The van der Waals surface area contributed by atoms with Crippen LogP contribution < -0.4 is 16.5 Å². The fourth-order valence-corrected chi connectivity index (χ4v) is 4.53. The smallest absolute Gasteiger partial charge is 0.423 e. The molecule has 0 fully saturated rings. The normalized spacial score (nSPS) is 13.3. The lowest BCUT2D eigenvalue weighted by atomic mass is 9.79. The molecule has 0 spiro atoms. The van der Waals surface area contributed by atoms with Gasteiger partial charge in [0.05, 0.1) is 22.5 Å². The summed E-state index contributed by atoms with van der Waals surface area (Å²) in [4.78, 5) is 23.9. The standard InChI is InChI=1S/C24H25BN6O3/c1-14-9-20-17(22(26)32)7-4-8-31(20)21(14)24-28-19-13-30(2)12-18(19)23(29-24)27-11-15-5-3-6-16(10-15)25(33)34/h3-10,33-34H,11-13H2,1-2H3,(H2,26,32)(H,27,28,29). The summed E-state index contributed by atoms with van der Waals surface area (Å²) in [6, 6.07) is 12.6. The molecule has 4 aromatic rings. The van der Waals surface area contributed by atoms with E-state index < -0.39 is 13.0 Å². The molecule has 1 amide bonds. The highest BCUT2D eigenvalue weighted by atomic mass is 16.4. The third-order valence-electron chi connectivity index (χ3n) is 6.13. The molecule has 34 heavy (non-hydrogen) atoms. The Kier molecular flexibility index (Phi) is 5.56. The van der Waals surface area contributed by atoms with E-state index in [1.54, 1.807) is 30.3 Å². The highest BCUT2D eigenvalue weighted by Gasteiger charge is 2.25. The van der Waals surface area contributed by atoms with Crippen molar-refractivity contribution in [2.75, 3.05) is 12.4 Å². The van der Waals surface area contributed by atoms with Crippen molar-refractivity contribution in [1.29, 1.82) is 0 Å². The first-order chi connectivity index (χ1) is 16.3. The summed E-state index contributed by atoms with van der Waals surface area (Å²) in [7, 11) is 0.522. The van der Waals surface area contributed by atoms with Crippen molar-refractivity contribution in [1.82, 2.24) is 19.3 Å². The zero-order valence-electron chi connectivity index (χ0n) is 19.0. The number of fused-ring (bicyclic) bond motifs is 2. The van der Waals surface area contributed by atoms with Crippen LogP contribution >= 0.6 is 0 Å². The fourth-order valence-electron chi connectivity index (χ4n) is 4.53. The van der Waals surface area contributed by atoms with Crippen LogP contribution in [-0.2, 0) is 19.6 Å². The van der Waals surface area contributed by atoms with E-state index in [4.69, 9.17) is 15.7 Å². The van der Waals surface area contributed by atoms with E-state index in [1.165, 1.54) is 0 Å². The van der Waals surface area contributed by atoms with Crippen molar-refractivity contribution in [3.63, 3.8) is 0 Å². The van der Waals surface area contributed by atoms with Gasteiger partial charge in [0, 0.05) is 31.4 Å². The van der Waals surface area contributed by atoms with Gasteiger partial charge in [0.15, 0.2) is 5.82 Å². The summed E-state index contributed by atoms with van der Waals surface area (Å²) in [5, 5.41) is 22.4. The zero-order chi connectivity index (χ0) is 24.0. The van der Waals surface area contributed by atoms with Gasteiger partial charge in [0.1, 0.15) is 5.82 Å². The Hall–Kier alpha value is -3.73. The Morgan fingerprint density at radius 1 is 1.18 bits per heavy atom. The molecule has 0 radical (unpaired) electrons. The average Bonchev–Trinajstić information content (AvgIpc) is 3.35. The summed E-state index contributed by atoms with van der Waals surface area (Å²) in [5.74, 6) is 0.818. The largest absolute Gasteiger partial charge is 0.488 e. The Labute approximate surface area is 197 Å². The molecule has 5 rings (SSSR count). The number of hydrogen-bond donors (Lipinski definition) is 4. The second-order valence-electron chi connectivity index (χ2n) is 8.68. The van der Waals surface area contributed by atoms with Crippen molar-refractivity contribution in [3.8, 4) is 11.5 Å². The number of nitrogens with zero attached hydrogens (tertiary/aromatic N) is 4. The molecule has 1 aliphatic rings. The lowest BCUT2D eigenvalue weighted by molar-refractivity contribution is 0.100. The minimum Gasteiger partial charge on any atom is -0.423 e. The number of anilines is 1. The van der Waals surface area contributed by atoms with Crippen LogP contribution in [0.5, 0.6) is 0 Å². The van der Waals surface area contributed by atoms with Gasteiger partial charge in [0.2, 0.25) is 0 Å². The maximum atomic E-state index is 11.9. The molecule has 0 bridgehead atoms. The van der Waals surface area contributed by atoms with Crippen molar-refractivity contribution in [2.45, 2.75) is 26.6 Å². The molecular formula is C24H25BN6O3. The van der Waals surface area contributed by atoms with Gasteiger partial charge >= 0.3 is 7.12 Å². The predicted molar refractivity (Wildman–Crippen MR) is 130 cm³/mol. The number of carbonyl (C=O) groups is 1. The van der Waals surface area contributed by atoms with Crippen LogP contribution in [0.1, 0.15) is 32.7 Å². The Morgan fingerprint density at radius 2 is 2.00 bits per heavy atom. The van der Waals surface area contributed by atoms with Crippen LogP contribution in [-0.4, -0.2) is 49.4 Å². The van der Waals surface area contributed by atoms with Crippen LogP contribution in [0.25, 0.3) is 17.0 Å². The van der Waals surface area contributed by atoms with E-state index in [-0.39, 0.29) is 0 Å². The number of primary amides is 1. The Bertz CT molecular complexity index is 1420. The van der Waals surface area contributed by atoms with Crippen LogP contribution in [0, 0.1) is 6.92 Å². The highest BCUT2D eigenvalue weighted by Crippen LogP contribution is 2.32. The number of hydrogen-bond acceptors (Lipinski definition) is 7. The number of benzene rings is 1. The molecular weight excluding hydrogens is 431 g/mol. The van der Waals surface area contributed by atoms with Gasteiger partial charge in [-0.15, -0.1) is 0 Å². The maximum absolute atomic E-state index is 11.9. The van der Waals surface area contributed by atoms with Crippen LogP contribution in [0.15, 0.2) is 48.7 Å². The van der Waals surface area contributed by atoms with Gasteiger partial charge in [-0.2, -0.15) is 0 Å². The molecule has 9 nitrogen and oxygen atoms in total. The Morgan fingerprint density at radius 3 is 2.76 bits per heavy atom. The summed E-state index contributed by atoms with van der Waals surface area (Å²) in [6.45, 7) is 3.87. The van der Waals surface area contributed by atoms with Crippen molar-refractivity contribution < 1.29 is 14.8 Å². The quantitative estimate of drug-likeness (QED) is 0.319. The minimum absolute atomic E-state index is 0.438. The van der Waals surface area contributed by atoms with Crippen molar-refractivity contribution in [3.05, 3.63) is 76.6 Å². The monoisotopic (exact) mass is 456 g/mol. The third kappa shape index (κ3) is 3.92. The van der Waals surface area contributed by atoms with Gasteiger partial charge in [-0.1, -0.05) is 24.3 Å². The summed E-state index contributed by atoms with van der Waals surface area (Å²) in [5.41, 5.74) is 11.8. The average molecular weight is 456 g/mol. The predicted octanol–water partition coefficient (Wildman–Crippen LogP) is 1.04. The number of aromatic nitrogens is 3. The number of pyridine rings is 1. The second kappa shape index (κ2) is 8.56. The third-order valence-corrected chi connectivity index (χ3v) is 6.13. The summed E-state index contributed by atoms with van der Waals surface area (Å²) in [6.07, 6.45) is 1.88. The van der Waals surface area contributed by atoms with Gasteiger partial charge in [0.25, 0.3) is 5.91 Å². The summed E-state index contributed by atoms with van der Waals surface area (Å²) < 4.78 is 1.91. The molecule has 0 aliphatic carbocycles. The number of amides is 1. The molecule has 0 saturated carbocycles. The molecule has 0 unspecified atom stereocenters. The summed E-state index contributed by atoms with van der Waals surface area (Å²) >= 11 is 0. The van der Waals surface area contributed by atoms with Crippen molar-refractivity contribution >= 4 is 29.8 Å². The van der Waals surface area contributed by atoms with Gasteiger partial charge < -0.3 is 25.5 Å². The van der Waals surface area contributed by atoms with E-state index in [2.05, 4.69) is 10.2 Å². The molecule has 1 aliphatic heterocycles. The highest BCUT2D eigenvalue weighted by molar-refractivity contribution is 6.58. The first-order valence-corrected chi connectivity index (χ1v) is 11.0. The maximum Gasteiger partial charge on any atom is 0.488 e. The van der Waals surface area contributed by atoms with E-state index >= 15 is 0 Å². The fraction of sp³-hybridized carbons (Fsp3) is 0.208. The first-order valence-electron chi connectivity index (χ1n) is 11.0. The number of aryl methyl sites for hydroxylation is 1. The van der Waals surface area contributed by atoms with Crippen LogP contribution in [0.3, 0.4) is 0 Å². The molecule has 0 saturated heterocycles. The van der Waals surface area contributed by atoms with E-state index in [0.717, 1.165) is 46.0 Å². The van der Waals surface area contributed by atoms with Gasteiger partial charge in [-0.3, -0.25) is 9.69 Å². The second-order valence-corrected chi connectivity index (χ2v) is 8.68. The SMILES string of the molecule is Cc1cc2c(C(N)=O)cccn2c1-c1nc2c(c(NCc3cccc(B(O)O)c3)n1)CN(C)C2. The number of nitrogens with two attached hydrogens (primary N) is 1. The van der Waals surface area contributed by atoms with E-state index in [1.807, 2.05) is 36.7 Å². The van der Waals surface area contributed by atoms with Crippen molar-refractivity contribution in [2.24, 2.45) is 5.73 Å². The molecule has 172 valence electrons. The number of nitrogens with one attached hydrogen (secondary N) is 1. The molecule has 0 atom stereocenters. The lowest BCUT2D eigenvalue weighted by Crippen LogP contribution is -2.30. The first kappa shape index (κ1) is 22.1.